The molecule has 0 spiro atoms. The third-order valence-corrected chi connectivity index (χ3v) is 3.08. The maximum atomic E-state index is 9.71. The lowest BCUT2D eigenvalue weighted by Crippen LogP contribution is -2.06. The van der Waals surface area contributed by atoms with Gasteiger partial charge < -0.3 is 9.84 Å². The van der Waals surface area contributed by atoms with Crippen LogP contribution in [0.1, 0.15) is 24.4 Å². The van der Waals surface area contributed by atoms with Crippen molar-refractivity contribution in [3.05, 3.63) is 40.4 Å². The van der Waals surface area contributed by atoms with Crippen molar-refractivity contribution in [1.29, 1.82) is 0 Å². The molecule has 0 bridgehead atoms. The fourth-order valence-corrected chi connectivity index (χ4v) is 1.95. The van der Waals surface area contributed by atoms with Crippen molar-refractivity contribution >= 4 is 15.9 Å². The minimum atomic E-state index is -0.586. The number of aliphatic hydroxyl groups excluding tert-OH is 1. The molecule has 1 heterocycles. The number of aromatic nitrogens is 3. The van der Waals surface area contributed by atoms with Gasteiger partial charge >= 0.3 is 0 Å². The Morgan fingerprint density at radius 2 is 2.28 bits per heavy atom. The Morgan fingerprint density at radius 3 is 2.89 bits per heavy atom. The summed E-state index contributed by atoms with van der Waals surface area (Å²) in [6.07, 6.45) is 0.896. The fourth-order valence-electron chi connectivity index (χ4n) is 1.57. The maximum Gasteiger partial charge on any atom is 0.164 e. The van der Waals surface area contributed by atoms with Gasteiger partial charge in [0.25, 0.3) is 0 Å². The molecule has 0 saturated carbocycles. The molecule has 0 amide bonds. The second kappa shape index (κ2) is 5.49. The minimum absolute atomic E-state index is 0.317. The molecule has 2 aromatic rings. The zero-order valence-electron chi connectivity index (χ0n) is 10.2. The Kier molecular flexibility index (Phi) is 3.98. The van der Waals surface area contributed by atoms with Crippen molar-refractivity contribution in [1.82, 2.24) is 14.8 Å². The van der Waals surface area contributed by atoms with Gasteiger partial charge in [-0.05, 0) is 25.1 Å². The van der Waals surface area contributed by atoms with Crippen LogP contribution in [-0.2, 0) is 13.7 Å². The topological polar surface area (TPSA) is 60.2 Å². The highest BCUT2D eigenvalue weighted by molar-refractivity contribution is 9.10. The average Bonchev–Trinajstić information content (AvgIpc) is 2.73. The quantitative estimate of drug-likeness (QED) is 0.940. The SMILES string of the molecule is C[C@H](O)c1cc(Br)ccc1OCc1ncnn1C. The first-order valence-electron chi connectivity index (χ1n) is 5.51. The number of nitrogens with zero attached hydrogens (tertiary/aromatic N) is 3. The molecule has 0 radical (unpaired) electrons. The van der Waals surface area contributed by atoms with Crippen LogP contribution in [0, 0.1) is 0 Å². The summed E-state index contributed by atoms with van der Waals surface area (Å²) in [5.74, 6) is 1.38. The van der Waals surface area contributed by atoms with Crippen LogP contribution in [0.4, 0.5) is 0 Å². The van der Waals surface area contributed by atoms with Crippen LogP contribution in [0.25, 0.3) is 0 Å². The standard InChI is InChI=1S/C12H14BrN3O2/c1-8(17)10-5-9(13)3-4-11(10)18-6-12-14-7-15-16(12)2/h3-5,7-8,17H,6H2,1-2H3/t8-/m0/s1. The molecule has 0 fully saturated rings. The molecule has 0 saturated heterocycles. The van der Waals surface area contributed by atoms with E-state index in [1.54, 1.807) is 11.6 Å². The monoisotopic (exact) mass is 311 g/mol. The molecule has 1 atom stereocenters. The Balaban J connectivity index is 2.16. The molecule has 0 aliphatic heterocycles. The van der Waals surface area contributed by atoms with E-state index >= 15 is 0 Å². The highest BCUT2D eigenvalue weighted by Crippen LogP contribution is 2.28. The summed E-state index contributed by atoms with van der Waals surface area (Å²) in [4.78, 5) is 4.08. The molecule has 18 heavy (non-hydrogen) atoms. The van der Waals surface area contributed by atoms with Crippen LogP contribution in [0.2, 0.25) is 0 Å². The van der Waals surface area contributed by atoms with Gasteiger partial charge in [-0.15, -0.1) is 0 Å². The molecule has 6 heteroatoms. The smallest absolute Gasteiger partial charge is 0.164 e. The fraction of sp³-hybridized carbons (Fsp3) is 0.333. The summed E-state index contributed by atoms with van der Waals surface area (Å²) in [7, 11) is 1.81. The van der Waals surface area contributed by atoms with Gasteiger partial charge in [-0.25, -0.2) is 4.98 Å². The predicted octanol–water partition coefficient (Wildman–Crippen LogP) is 2.21. The Morgan fingerprint density at radius 1 is 1.50 bits per heavy atom. The van der Waals surface area contributed by atoms with Crippen LogP contribution in [0.15, 0.2) is 29.0 Å². The number of ether oxygens (including phenoxy) is 1. The van der Waals surface area contributed by atoms with E-state index in [0.717, 1.165) is 15.9 Å². The van der Waals surface area contributed by atoms with Crippen molar-refractivity contribution in [3.63, 3.8) is 0 Å². The van der Waals surface area contributed by atoms with Crippen molar-refractivity contribution in [2.24, 2.45) is 7.05 Å². The van der Waals surface area contributed by atoms with Gasteiger partial charge in [0.15, 0.2) is 5.82 Å². The third-order valence-electron chi connectivity index (χ3n) is 2.58. The number of aryl methyl sites for hydroxylation is 1. The molecule has 0 aliphatic rings. The molecular weight excluding hydrogens is 298 g/mol. The van der Waals surface area contributed by atoms with E-state index in [-0.39, 0.29) is 0 Å². The number of halogens is 1. The van der Waals surface area contributed by atoms with Gasteiger partial charge in [-0.1, -0.05) is 15.9 Å². The van der Waals surface area contributed by atoms with Gasteiger partial charge in [0.2, 0.25) is 0 Å². The van der Waals surface area contributed by atoms with E-state index in [2.05, 4.69) is 26.0 Å². The van der Waals surface area contributed by atoms with E-state index < -0.39 is 6.10 Å². The van der Waals surface area contributed by atoms with Crippen LogP contribution < -0.4 is 4.74 Å². The van der Waals surface area contributed by atoms with E-state index in [1.165, 1.54) is 6.33 Å². The summed E-state index contributed by atoms with van der Waals surface area (Å²) in [6.45, 7) is 2.02. The number of benzene rings is 1. The lowest BCUT2D eigenvalue weighted by Gasteiger charge is -2.13. The lowest BCUT2D eigenvalue weighted by molar-refractivity contribution is 0.189. The largest absolute Gasteiger partial charge is 0.485 e. The second-order valence-electron chi connectivity index (χ2n) is 3.95. The van der Waals surface area contributed by atoms with E-state index in [4.69, 9.17) is 4.74 Å². The summed E-state index contributed by atoms with van der Waals surface area (Å²) >= 11 is 3.37. The van der Waals surface area contributed by atoms with E-state index in [0.29, 0.717) is 12.4 Å². The highest BCUT2D eigenvalue weighted by Gasteiger charge is 2.11. The zero-order chi connectivity index (χ0) is 13.1. The summed E-state index contributed by atoms with van der Waals surface area (Å²) in [5, 5.41) is 13.7. The van der Waals surface area contributed by atoms with Crippen molar-refractivity contribution in [2.45, 2.75) is 19.6 Å². The normalized spacial score (nSPS) is 12.4. The molecule has 5 nitrogen and oxygen atoms in total. The zero-order valence-corrected chi connectivity index (χ0v) is 11.8. The van der Waals surface area contributed by atoms with Gasteiger partial charge in [0.1, 0.15) is 18.7 Å². The molecule has 96 valence electrons. The molecular formula is C12H14BrN3O2. The first-order valence-corrected chi connectivity index (χ1v) is 6.30. The Hall–Kier alpha value is -1.40. The van der Waals surface area contributed by atoms with Crippen LogP contribution in [0.5, 0.6) is 5.75 Å². The summed E-state index contributed by atoms with van der Waals surface area (Å²) < 4.78 is 8.24. The van der Waals surface area contributed by atoms with E-state index in [9.17, 15) is 5.11 Å². The first-order chi connectivity index (χ1) is 8.58. The molecule has 0 aliphatic carbocycles. The number of rotatable bonds is 4. The molecule has 1 N–H and O–H groups in total. The number of hydrogen-bond acceptors (Lipinski definition) is 4. The first kappa shape index (κ1) is 13.0. The third kappa shape index (κ3) is 2.88. The predicted molar refractivity (Wildman–Crippen MR) is 70.1 cm³/mol. The highest BCUT2D eigenvalue weighted by atomic mass is 79.9. The Labute approximate surface area is 114 Å². The lowest BCUT2D eigenvalue weighted by atomic mass is 10.1. The summed E-state index contributed by atoms with van der Waals surface area (Å²) in [6, 6.07) is 5.54. The minimum Gasteiger partial charge on any atom is -0.485 e. The number of hydrogen-bond donors (Lipinski definition) is 1. The van der Waals surface area contributed by atoms with Crippen LogP contribution in [-0.4, -0.2) is 19.9 Å². The van der Waals surface area contributed by atoms with E-state index in [1.807, 2.05) is 25.2 Å². The summed E-state index contributed by atoms with van der Waals surface area (Å²) in [5.41, 5.74) is 0.742. The van der Waals surface area contributed by atoms with Crippen molar-refractivity contribution in [2.75, 3.05) is 0 Å². The molecule has 1 aromatic carbocycles. The van der Waals surface area contributed by atoms with Gasteiger partial charge in [0, 0.05) is 17.1 Å². The van der Waals surface area contributed by atoms with Crippen molar-refractivity contribution < 1.29 is 9.84 Å². The Bertz CT molecular complexity index is 540. The number of aliphatic hydroxyl groups is 1. The maximum absolute atomic E-state index is 9.71. The molecule has 1 aromatic heterocycles. The molecule has 2 rings (SSSR count). The van der Waals surface area contributed by atoms with Crippen molar-refractivity contribution in [3.8, 4) is 5.75 Å². The second-order valence-corrected chi connectivity index (χ2v) is 4.86. The van der Waals surface area contributed by atoms with Gasteiger partial charge in [-0.2, -0.15) is 5.10 Å². The van der Waals surface area contributed by atoms with Gasteiger partial charge in [0.05, 0.1) is 6.10 Å². The molecule has 0 unspecified atom stereocenters. The van der Waals surface area contributed by atoms with Crippen LogP contribution in [0.3, 0.4) is 0 Å². The average molecular weight is 312 g/mol. The van der Waals surface area contributed by atoms with Crippen LogP contribution >= 0.6 is 15.9 Å². The van der Waals surface area contributed by atoms with Gasteiger partial charge in [-0.3, -0.25) is 4.68 Å².